The van der Waals surface area contributed by atoms with Crippen LogP contribution in [0.3, 0.4) is 0 Å². The third-order valence-corrected chi connectivity index (χ3v) is 9.65. The fourth-order valence-corrected chi connectivity index (χ4v) is 6.54. The molecule has 0 spiro atoms. The summed E-state index contributed by atoms with van der Waals surface area (Å²) in [6, 6.07) is 21.6. The molecule has 218 valence electrons. The SMILES string of the molecule is CN(CC(=O)N(Cc1cccc(Cl)c1)[C@H](Cc1ccccc1)C(=O)NC1CCCCC1)S(=O)(=O)c1ccc(Cl)cc1. The summed E-state index contributed by atoms with van der Waals surface area (Å²) in [6.45, 7) is -0.364. The van der Waals surface area contributed by atoms with E-state index < -0.39 is 28.5 Å². The van der Waals surface area contributed by atoms with Crippen molar-refractivity contribution in [2.75, 3.05) is 13.6 Å². The Morgan fingerprint density at radius 2 is 1.54 bits per heavy atom. The molecule has 0 unspecified atom stereocenters. The van der Waals surface area contributed by atoms with E-state index >= 15 is 0 Å². The zero-order valence-corrected chi connectivity index (χ0v) is 25.3. The number of rotatable bonds is 11. The molecule has 10 heteroatoms. The smallest absolute Gasteiger partial charge is 0.243 e. The molecule has 7 nitrogen and oxygen atoms in total. The number of nitrogens with one attached hydrogen (secondary N) is 1. The number of carbonyl (C=O) groups excluding carboxylic acids is 2. The van der Waals surface area contributed by atoms with E-state index in [2.05, 4.69) is 5.32 Å². The molecule has 1 N–H and O–H groups in total. The Bertz CT molecular complexity index is 1430. The van der Waals surface area contributed by atoms with E-state index in [9.17, 15) is 18.0 Å². The molecule has 1 saturated carbocycles. The van der Waals surface area contributed by atoms with Gasteiger partial charge < -0.3 is 10.2 Å². The summed E-state index contributed by atoms with van der Waals surface area (Å²) in [5.74, 6) is -0.746. The Morgan fingerprint density at radius 1 is 0.878 bits per heavy atom. The summed E-state index contributed by atoms with van der Waals surface area (Å²) in [5.41, 5.74) is 1.62. The molecule has 2 amide bonds. The molecule has 0 aromatic heterocycles. The number of hydrogen-bond acceptors (Lipinski definition) is 4. The van der Waals surface area contributed by atoms with Crippen LogP contribution in [-0.2, 0) is 32.6 Å². The molecule has 1 aliphatic carbocycles. The van der Waals surface area contributed by atoms with Gasteiger partial charge in [0.05, 0.1) is 11.4 Å². The normalized spacial score (nSPS) is 14.9. The van der Waals surface area contributed by atoms with Gasteiger partial charge in [-0.1, -0.05) is 84.9 Å². The number of hydrogen-bond donors (Lipinski definition) is 1. The van der Waals surface area contributed by atoms with Crippen molar-refractivity contribution in [3.8, 4) is 0 Å². The predicted octanol–water partition coefficient (Wildman–Crippen LogP) is 5.70. The first kappa shape index (κ1) is 31.0. The van der Waals surface area contributed by atoms with Crippen molar-refractivity contribution in [2.45, 2.75) is 62.0 Å². The van der Waals surface area contributed by atoms with Crippen LogP contribution >= 0.6 is 23.2 Å². The Balaban J connectivity index is 1.66. The molecular weight excluding hydrogens is 581 g/mol. The lowest BCUT2D eigenvalue weighted by Gasteiger charge is -2.34. The summed E-state index contributed by atoms with van der Waals surface area (Å²) in [6.07, 6.45) is 5.31. The summed E-state index contributed by atoms with van der Waals surface area (Å²) >= 11 is 12.2. The molecule has 0 heterocycles. The van der Waals surface area contributed by atoms with E-state index in [0.717, 1.165) is 47.5 Å². The van der Waals surface area contributed by atoms with Crippen LogP contribution in [0.25, 0.3) is 0 Å². The lowest BCUT2D eigenvalue weighted by atomic mass is 9.94. The first-order valence-electron chi connectivity index (χ1n) is 13.7. The summed E-state index contributed by atoms with van der Waals surface area (Å²) in [7, 11) is -2.63. The minimum atomic E-state index is -3.99. The van der Waals surface area contributed by atoms with Crippen molar-refractivity contribution in [1.82, 2.24) is 14.5 Å². The second-order valence-electron chi connectivity index (χ2n) is 10.4. The van der Waals surface area contributed by atoms with Gasteiger partial charge in [0, 0.05) is 36.1 Å². The molecule has 0 radical (unpaired) electrons. The third kappa shape index (κ3) is 8.55. The van der Waals surface area contributed by atoms with Crippen LogP contribution in [-0.4, -0.2) is 55.1 Å². The lowest BCUT2D eigenvalue weighted by molar-refractivity contribution is -0.141. The predicted molar refractivity (Wildman–Crippen MR) is 162 cm³/mol. The van der Waals surface area contributed by atoms with Gasteiger partial charge in [-0.25, -0.2) is 8.42 Å². The molecule has 0 bridgehead atoms. The molecule has 1 atom stereocenters. The largest absolute Gasteiger partial charge is 0.352 e. The van der Waals surface area contributed by atoms with Crippen molar-refractivity contribution >= 4 is 45.0 Å². The summed E-state index contributed by atoms with van der Waals surface area (Å²) in [5, 5.41) is 4.09. The minimum absolute atomic E-state index is 0.0227. The zero-order valence-electron chi connectivity index (χ0n) is 23.0. The van der Waals surface area contributed by atoms with Gasteiger partial charge in [0.1, 0.15) is 6.04 Å². The highest BCUT2D eigenvalue weighted by molar-refractivity contribution is 7.89. The molecular formula is C31H35Cl2N3O4S. The van der Waals surface area contributed by atoms with Gasteiger partial charge in [-0.15, -0.1) is 0 Å². The van der Waals surface area contributed by atoms with Gasteiger partial charge in [-0.3, -0.25) is 9.59 Å². The lowest BCUT2D eigenvalue weighted by Crippen LogP contribution is -2.54. The maximum absolute atomic E-state index is 14.0. The van der Waals surface area contributed by atoms with Crippen LogP contribution < -0.4 is 5.32 Å². The maximum Gasteiger partial charge on any atom is 0.243 e. The number of amides is 2. The van der Waals surface area contributed by atoms with Gasteiger partial charge in [-0.2, -0.15) is 4.31 Å². The van der Waals surface area contributed by atoms with Gasteiger partial charge >= 0.3 is 0 Å². The van der Waals surface area contributed by atoms with Gasteiger partial charge in [0.25, 0.3) is 0 Å². The molecule has 41 heavy (non-hydrogen) atoms. The Labute approximate surface area is 252 Å². The number of likely N-dealkylation sites (N-methyl/N-ethyl adjacent to an activating group) is 1. The quantitative estimate of drug-likeness (QED) is 0.300. The van der Waals surface area contributed by atoms with Crippen LogP contribution in [0, 0.1) is 0 Å². The fraction of sp³-hybridized carbons (Fsp3) is 0.355. The molecule has 1 fully saturated rings. The highest BCUT2D eigenvalue weighted by Crippen LogP contribution is 2.22. The average Bonchev–Trinajstić information content (AvgIpc) is 2.96. The van der Waals surface area contributed by atoms with Crippen LogP contribution in [0.4, 0.5) is 0 Å². The fourth-order valence-electron chi connectivity index (χ4n) is 5.08. The highest BCUT2D eigenvalue weighted by atomic mass is 35.5. The average molecular weight is 617 g/mol. The van der Waals surface area contributed by atoms with E-state index in [-0.39, 0.29) is 29.8 Å². The Kier molecular flexibility index (Phi) is 10.8. The second-order valence-corrected chi connectivity index (χ2v) is 13.3. The number of nitrogens with zero attached hydrogens (tertiary/aromatic N) is 2. The minimum Gasteiger partial charge on any atom is -0.352 e. The molecule has 3 aromatic rings. The standard InChI is InChI=1S/C31H35Cl2N3O4S/c1-35(41(39,40)28-17-15-25(32)16-18-28)22-30(37)36(21-24-11-8-12-26(33)19-24)29(20-23-9-4-2-5-10-23)31(38)34-27-13-6-3-7-14-27/h2,4-5,8-12,15-19,27,29H,3,6-7,13-14,20-22H2,1H3,(H,34,38)/t29-/m1/s1. The van der Waals surface area contributed by atoms with Gasteiger partial charge in [0.2, 0.25) is 21.8 Å². The Morgan fingerprint density at radius 3 is 2.20 bits per heavy atom. The number of benzene rings is 3. The number of carbonyl (C=O) groups is 2. The van der Waals surface area contributed by atoms with E-state index in [0.29, 0.717) is 10.0 Å². The summed E-state index contributed by atoms with van der Waals surface area (Å²) in [4.78, 5) is 29.4. The van der Waals surface area contributed by atoms with Crippen molar-refractivity contribution < 1.29 is 18.0 Å². The van der Waals surface area contributed by atoms with Crippen molar-refractivity contribution in [2.24, 2.45) is 0 Å². The van der Waals surface area contributed by atoms with Crippen molar-refractivity contribution in [3.63, 3.8) is 0 Å². The van der Waals surface area contributed by atoms with Crippen molar-refractivity contribution in [3.05, 3.63) is 100 Å². The summed E-state index contributed by atoms with van der Waals surface area (Å²) < 4.78 is 27.6. The van der Waals surface area contributed by atoms with E-state index in [1.54, 1.807) is 18.2 Å². The maximum atomic E-state index is 14.0. The van der Waals surface area contributed by atoms with Crippen LogP contribution in [0.15, 0.2) is 83.8 Å². The van der Waals surface area contributed by atoms with E-state index in [4.69, 9.17) is 23.2 Å². The number of halogens is 2. The molecule has 0 aliphatic heterocycles. The van der Waals surface area contributed by atoms with Gasteiger partial charge in [-0.05, 0) is 60.4 Å². The van der Waals surface area contributed by atoms with E-state index in [1.165, 1.54) is 36.2 Å². The third-order valence-electron chi connectivity index (χ3n) is 7.34. The zero-order chi connectivity index (χ0) is 29.4. The molecule has 3 aromatic carbocycles. The van der Waals surface area contributed by atoms with Crippen LogP contribution in [0.5, 0.6) is 0 Å². The van der Waals surface area contributed by atoms with Crippen LogP contribution in [0.2, 0.25) is 10.0 Å². The van der Waals surface area contributed by atoms with Crippen molar-refractivity contribution in [1.29, 1.82) is 0 Å². The van der Waals surface area contributed by atoms with E-state index in [1.807, 2.05) is 36.4 Å². The second kappa shape index (κ2) is 14.3. The van der Waals surface area contributed by atoms with Crippen LogP contribution in [0.1, 0.15) is 43.2 Å². The number of sulfonamides is 1. The molecule has 1 aliphatic rings. The first-order chi connectivity index (χ1) is 19.6. The molecule has 0 saturated heterocycles. The molecule has 4 rings (SSSR count). The van der Waals surface area contributed by atoms with Gasteiger partial charge in [0.15, 0.2) is 0 Å². The first-order valence-corrected chi connectivity index (χ1v) is 15.9. The Hall–Kier alpha value is -2.91. The topological polar surface area (TPSA) is 86.8 Å². The highest BCUT2D eigenvalue weighted by Gasteiger charge is 2.34. The monoisotopic (exact) mass is 615 g/mol.